The van der Waals surface area contributed by atoms with E-state index < -0.39 is 0 Å². The van der Waals surface area contributed by atoms with Gasteiger partial charge in [0.05, 0.1) is 0 Å². The van der Waals surface area contributed by atoms with Gasteiger partial charge in [-0.2, -0.15) is 0 Å². The van der Waals surface area contributed by atoms with Crippen molar-refractivity contribution in [3.63, 3.8) is 0 Å². The van der Waals surface area contributed by atoms with E-state index in [4.69, 9.17) is 5.73 Å². The lowest BCUT2D eigenvalue weighted by Crippen LogP contribution is -2.25. The van der Waals surface area contributed by atoms with E-state index in [1.54, 1.807) is 6.07 Å². The predicted molar refractivity (Wildman–Crippen MR) is 71.9 cm³/mol. The maximum Gasteiger partial charge on any atom is 0.123 e. The van der Waals surface area contributed by atoms with Gasteiger partial charge in [-0.15, -0.1) is 0 Å². The van der Waals surface area contributed by atoms with Gasteiger partial charge in [0.25, 0.3) is 0 Å². The largest absolute Gasteiger partial charge is 0.350 e. The predicted octanol–water partition coefficient (Wildman–Crippen LogP) is 2.99. The summed E-state index contributed by atoms with van der Waals surface area (Å²) in [5.74, 6) is 0.393. The summed E-state index contributed by atoms with van der Waals surface area (Å²) in [5, 5.41) is 1.04. The molecule has 3 heteroatoms. The van der Waals surface area contributed by atoms with Gasteiger partial charge in [-0.25, -0.2) is 4.39 Å². The van der Waals surface area contributed by atoms with Crippen LogP contribution in [-0.2, 0) is 13.5 Å². The fourth-order valence-corrected chi connectivity index (χ4v) is 3.21. The van der Waals surface area contributed by atoms with Crippen LogP contribution in [0.3, 0.4) is 0 Å². The van der Waals surface area contributed by atoms with Crippen molar-refractivity contribution in [3.05, 3.63) is 35.8 Å². The van der Waals surface area contributed by atoms with Gasteiger partial charge in [0.15, 0.2) is 0 Å². The molecule has 18 heavy (non-hydrogen) atoms. The second-order valence-corrected chi connectivity index (χ2v) is 5.49. The molecule has 1 aliphatic rings. The molecule has 0 saturated heterocycles. The zero-order valence-electron chi connectivity index (χ0n) is 10.7. The highest BCUT2D eigenvalue weighted by Gasteiger charge is 2.25. The molecule has 1 aromatic carbocycles. The van der Waals surface area contributed by atoms with Crippen LogP contribution in [0.5, 0.6) is 0 Å². The van der Waals surface area contributed by atoms with E-state index in [0.29, 0.717) is 12.0 Å². The van der Waals surface area contributed by atoms with Crippen molar-refractivity contribution in [2.45, 2.75) is 31.7 Å². The Labute approximate surface area is 107 Å². The van der Waals surface area contributed by atoms with Crippen LogP contribution in [0.25, 0.3) is 10.9 Å². The van der Waals surface area contributed by atoms with Crippen LogP contribution in [0, 0.1) is 11.7 Å². The molecule has 0 spiro atoms. The lowest BCUT2D eigenvalue weighted by Gasteiger charge is -2.14. The third-order valence-electron chi connectivity index (χ3n) is 4.23. The highest BCUT2D eigenvalue weighted by molar-refractivity contribution is 5.84. The van der Waals surface area contributed by atoms with Crippen LogP contribution in [-0.4, -0.2) is 10.6 Å². The third kappa shape index (κ3) is 1.93. The Morgan fingerprint density at radius 1 is 1.39 bits per heavy atom. The average molecular weight is 246 g/mol. The molecule has 1 saturated carbocycles. The number of aromatic nitrogens is 1. The van der Waals surface area contributed by atoms with E-state index in [0.717, 1.165) is 23.7 Å². The molecule has 0 aliphatic heterocycles. The molecule has 1 aliphatic carbocycles. The minimum Gasteiger partial charge on any atom is -0.350 e. The highest BCUT2D eigenvalue weighted by Crippen LogP contribution is 2.31. The van der Waals surface area contributed by atoms with Gasteiger partial charge in [0.2, 0.25) is 0 Å². The van der Waals surface area contributed by atoms with Gasteiger partial charge in [-0.3, -0.25) is 0 Å². The van der Waals surface area contributed by atoms with Crippen molar-refractivity contribution < 1.29 is 4.39 Å². The van der Waals surface area contributed by atoms with Crippen molar-refractivity contribution in [2.75, 3.05) is 0 Å². The number of hydrogen-bond donors (Lipinski definition) is 1. The summed E-state index contributed by atoms with van der Waals surface area (Å²) in [7, 11) is 2.01. The van der Waals surface area contributed by atoms with Gasteiger partial charge in [0.1, 0.15) is 5.82 Å². The Kier molecular flexibility index (Phi) is 2.86. The van der Waals surface area contributed by atoms with Gasteiger partial charge in [-0.1, -0.05) is 6.42 Å². The van der Waals surface area contributed by atoms with Crippen LogP contribution >= 0.6 is 0 Å². The molecule has 0 bridgehead atoms. The normalized spacial score (nSPS) is 23.9. The fraction of sp³-hybridized carbons (Fsp3) is 0.467. The molecule has 2 unspecified atom stereocenters. The van der Waals surface area contributed by atoms with Gasteiger partial charge < -0.3 is 10.3 Å². The third-order valence-corrected chi connectivity index (χ3v) is 4.23. The Morgan fingerprint density at radius 3 is 2.94 bits per heavy atom. The van der Waals surface area contributed by atoms with Crippen LogP contribution in [0.15, 0.2) is 24.4 Å². The Balaban J connectivity index is 1.98. The maximum absolute atomic E-state index is 13.4. The minimum atomic E-state index is -0.161. The second-order valence-electron chi connectivity index (χ2n) is 5.49. The number of benzene rings is 1. The number of hydrogen-bond acceptors (Lipinski definition) is 1. The van der Waals surface area contributed by atoms with E-state index in [9.17, 15) is 4.39 Å². The molecular formula is C15H19FN2. The van der Waals surface area contributed by atoms with E-state index in [1.165, 1.54) is 24.5 Å². The molecule has 3 rings (SSSR count). The molecule has 1 heterocycles. The maximum atomic E-state index is 13.4. The summed E-state index contributed by atoms with van der Waals surface area (Å²) in [6.07, 6.45) is 6.65. The highest BCUT2D eigenvalue weighted by atomic mass is 19.1. The zero-order valence-corrected chi connectivity index (χ0v) is 10.7. The number of aryl methyl sites for hydroxylation is 1. The zero-order chi connectivity index (χ0) is 12.7. The van der Waals surface area contributed by atoms with E-state index in [2.05, 4.69) is 10.8 Å². The van der Waals surface area contributed by atoms with Crippen LogP contribution in [0.4, 0.5) is 4.39 Å². The van der Waals surface area contributed by atoms with Gasteiger partial charge in [-0.05, 0) is 48.9 Å². The summed E-state index contributed by atoms with van der Waals surface area (Å²) in [6, 6.07) is 5.33. The van der Waals surface area contributed by atoms with Crippen LogP contribution in [0.2, 0.25) is 0 Å². The quantitative estimate of drug-likeness (QED) is 0.867. The van der Waals surface area contributed by atoms with E-state index in [-0.39, 0.29) is 5.82 Å². The van der Waals surface area contributed by atoms with Crippen molar-refractivity contribution in [1.29, 1.82) is 0 Å². The molecule has 2 nitrogen and oxygen atoms in total. The van der Waals surface area contributed by atoms with Gasteiger partial charge >= 0.3 is 0 Å². The number of nitrogens with two attached hydrogens (primary N) is 1. The molecule has 2 N–H and O–H groups in total. The number of halogens is 1. The number of rotatable bonds is 2. The second kappa shape index (κ2) is 4.39. The molecule has 0 amide bonds. The Morgan fingerprint density at radius 2 is 2.22 bits per heavy atom. The first-order valence-corrected chi connectivity index (χ1v) is 6.64. The monoisotopic (exact) mass is 246 g/mol. The Bertz CT molecular complexity index is 573. The summed E-state index contributed by atoms with van der Waals surface area (Å²) >= 11 is 0. The summed E-state index contributed by atoms with van der Waals surface area (Å²) in [5.41, 5.74) is 8.45. The Hall–Kier alpha value is -1.35. The molecule has 0 radical (unpaired) electrons. The van der Waals surface area contributed by atoms with Gasteiger partial charge in [0, 0.05) is 30.2 Å². The molecule has 2 aromatic rings. The molecule has 2 atom stereocenters. The number of fused-ring (bicyclic) bond motifs is 1. The van der Waals surface area contributed by atoms with E-state index >= 15 is 0 Å². The minimum absolute atomic E-state index is 0.161. The van der Waals surface area contributed by atoms with Crippen molar-refractivity contribution in [1.82, 2.24) is 4.57 Å². The van der Waals surface area contributed by atoms with E-state index in [1.807, 2.05) is 13.1 Å². The molecule has 96 valence electrons. The fourth-order valence-electron chi connectivity index (χ4n) is 3.21. The first-order valence-electron chi connectivity index (χ1n) is 6.64. The molecule has 1 aromatic heterocycles. The van der Waals surface area contributed by atoms with Crippen LogP contribution < -0.4 is 5.73 Å². The standard InChI is InChI=1S/C15H19FN2/c1-18-9-11(7-10-3-2-4-14(10)17)13-8-12(16)5-6-15(13)18/h5-6,8-10,14H,2-4,7,17H2,1H3. The summed E-state index contributed by atoms with van der Waals surface area (Å²) in [4.78, 5) is 0. The smallest absolute Gasteiger partial charge is 0.123 e. The summed E-state index contributed by atoms with van der Waals surface area (Å²) < 4.78 is 15.5. The number of nitrogens with zero attached hydrogens (tertiary/aromatic N) is 1. The lowest BCUT2D eigenvalue weighted by atomic mass is 9.95. The lowest BCUT2D eigenvalue weighted by molar-refractivity contribution is 0.479. The topological polar surface area (TPSA) is 30.9 Å². The first kappa shape index (κ1) is 11.7. The van der Waals surface area contributed by atoms with Crippen molar-refractivity contribution in [3.8, 4) is 0 Å². The molecular weight excluding hydrogens is 227 g/mol. The van der Waals surface area contributed by atoms with Crippen molar-refractivity contribution in [2.24, 2.45) is 18.7 Å². The first-order chi connectivity index (χ1) is 8.65. The molecule has 1 fully saturated rings. The SMILES string of the molecule is Cn1cc(CC2CCCC2N)c2cc(F)ccc21. The van der Waals surface area contributed by atoms with Crippen molar-refractivity contribution >= 4 is 10.9 Å². The average Bonchev–Trinajstić information content (AvgIpc) is 2.86. The summed E-state index contributed by atoms with van der Waals surface area (Å²) in [6.45, 7) is 0. The van der Waals surface area contributed by atoms with Crippen LogP contribution in [0.1, 0.15) is 24.8 Å².